The number of fused-ring (bicyclic) bond motifs is 2. The summed E-state index contributed by atoms with van der Waals surface area (Å²) in [4.78, 5) is 33.1. The van der Waals surface area contributed by atoms with E-state index < -0.39 is 0 Å². The molecule has 1 unspecified atom stereocenters. The molecule has 5 nitrogen and oxygen atoms in total. The largest absolute Gasteiger partial charge is 0.333 e. The lowest BCUT2D eigenvalue weighted by Gasteiger charge is -2.35. The molecule has 1 aromatic carbocycles. The van der Waals surface area contributed by atoms with Gasteiger partial charge < -0.3 is 9.80 Å². The molecule has 0 fully saturated rings. The second kappa shape index (κ2) is 6.99. The van der Waals surface area contributed by atoms with Crippen LogP contribution in [0, 0.1) is 0 Å². The Bertz CT molecular complexity index is 922. The number of nitrogens with zero attached hydrogens (tertiary/aromatic N) is 3. The summed E-state index contributed by atoms with van der Waals surface area (Å²) < 4.78 is 0. The summed E-state index contributed by atoms with van der Waals surface area (Å²) >= 11 is 0. The van der Waals surface area contributed by atoms with Crippen LogP contribution in [0.1, 0.15) is 45.7 Å². The minimum absolute atomic E-state index is 0.0249. The molecule has 0 radical (unpaired) electrons. The Morgan fingerprint density at radius 3 is 2.78 bits per heavy atom. The van der Waals surface area contributed by atoms with E-state index in [4.69, 9.17) is 0 Å². The highest BCUT2D eigenvalue weighted by Gasteiger charge is 2.29. The highest BCUT2D eigenvalue weighted by molar-refractivity contribution is 5.94. The Hall–Kier alpha value is -2.95. The maximum Gasteiger partial charge on any atom is 0.255 e. The van der Waals surface area contributed by atoms with Gasteiger partial charge in [-0.3, -0.25) is 14.6 Å². The lowest BCUT2D eigenvalue weighted by Crippen LogP contribution is -2.39. The molecule has 2 aromatic rings. The standard InChI is InChI=1S/C22H23N3O2/c1-3-21(26)24-10-8-17-12-18(13-23-20(17)14-24)22(27)25-11-9-16-6-4-5-7-19(16)15(25)2/h3-7,12-13,15H,1,8-11,14H2,2H3. The van der Waals surface area contributed by atoms with Crippen molar-refractivity contribution in [1.29, 1.82) is 0 Å². The lowest BCUT2D eigenvalue weighted by molar-refractivity contribution is -0.126. The normalized spacial score (nSPS) is 18.5. The van der Waals surface area contributed by atoms with E-state index >= 15 is 0 Å². The molecule has 0 bridgehead atoms. The number of hydrogen-bond donors (Lipinski definition) is 0. The van der Waals surface area contributed by atoms with Gasteiger partial charge in [-0.1, -0.05) is 30.8 Å². The van der Waals surface area contributed by atoms with Crippen molar-refractivity contribution in [2.45, 2.75) is 32.4 Å². The first-order chi connectivity index (χ1) is 13.1. The molecule has 3 heterocycles. The van der Waals surface area contributed by atoms with Gasteiger partial charge in [0, 0.05) is 19.3 Å². The molecule has 27 heavy (non-hydrogen) atoms. The van der Waals surface area contributed by atoms with Crippen LogP contribution in [-0.2, 0) is 24.2 Å². The number of amides is 2. The third kappa shape index (κ3) is 3.14. The van der Waals surface area contributed by atoms with Crippen molar-refractivity contribution in [1.82, 2.24) is 14.8 Å². The second-order valence-electron chi connectivity index (χ2n) is 7.17. The molecule has 1 aromatic heterocycles. The minimum atomic E-state index is -0.0802. The zero-order valence-corrected chi connectivity index (χ0v) is 15.5. The highest BCUT2D eigenvalue weighted by Crippen LogP contribution is 2.30. The van der Waals surface area contributed by atoms with Crippen molar-refractivity contribution in [3.63, 3.8) is 0 Å². The van der Waals surface area contributed by atoms with E-state index in [-0.39, 0.29) is 17.9 Å². The van der Waals surface area contributed by atoms with Gasteiger partial charge in [0.25, 0.3) is 5.91 Å². The molecule has 2 aliphatic heterocycles. The SMILES string of the molecule is C=CC(=O)N1CCc2cc(C(=O)N3CCc4ccccc4C3C)cnc2C1. The molecule has 138 valence electrons. The summed E-state index contributed by atoms with van der Waals surface area (Å²) in [5, 5.41) is 0. The summed E-state index contributed by atoms with van der Waals surface area (Å²) in [5.74, 6) is -0.0553. The molecule has 1 atom stereocenters. The van der Waals surface area contributed by atoms with Crippen molar-refractivity contribution in [3.05, 3.63) is 77.1 Å². The van der Waals surface area contributed by atoms with Crippen molar-refractivity contribution in [3.8, 4) is 0 Å². The molecule has 4 rings (SSSR count). The van der Waals surface area contributed by atoms with E-state index in [1.165, 1.54) is 17.2 Å². The molecular weight excluding hydrogens is 338 g/mol. The highest BCUT2D eigenvalue weighted by atomic mass is 16.2. The fourth-order valence-electron chi connectivity index (χ4n) is 4.06. The lowest BCUT2D eigenvalue weighted by atomic mass is 9.93. The molecule has 2 aliphatic rings. The maximum absolute atomic E-state index is 13.1. The monoisotopic (exact) mass is 361 g/mol. The first-order valence-electron chi connectivity index (χ1n) is 9.36. The molecule has 2 amide bonds. The van der Waals surface area contributed by atoms with Crippen molar-refractivity contribution < 1.29 is 9.59 Å². The zero-order chi connectivity index (χ0) is 19.0. The molecule has 0 N–H and O–H groups in total. The van der Waals surface area contributed by atoms with E-state index in [1.54, 1.807) is 11.1 Å². The predicted molar refractivity (Wildman–Crippen MR) is 103 cm³/mol. The van der Waals surface area contributed by atoms with Crippen molar-refractivity contribution in [2.24, 2.45) is 0 Å². The van der Waals surface area contributed by atoms with Gasteiger partial charge >= 0.3 is 0 Å². The second-order valence-corrected chi connectivity index (χ2v) is 7.17. The summed E-state index contributed by atoms with van der Waals surface area (Å²) in [6.07, 6.45) is 4.57. The quantitative estimate of drug-likeness (QED) is 0.773. The van der Waals surface area contributed by atoms with Crippen LogP contribution in [0.4, 0.5) is 0 Å². The summed E-state index contributed by atoms with van der Waals surface area (Å²) in [6.45, 7) is 7.45. The predicted octanol–water partition coefficient (Wildman–Crippen LogP) is 2.91. The van der Waals surface area contributed by atoms with Gasteiger partial charge in [0.05, 0.1) is 23.8 Å². The van der Waals surface area contributed by atoms with Gasteiger partial charge in [-0.2, -0.15) is 0 Å². The van der Waals surface area contributed by atoms with Crippen LogP contribution < -0.4 is 0 Å². The number of carbonyl (C=O) groups excluding carboxylic acids is 2. The van der Waals surface area contributed by atoms with Crippen LogP contribution in [0.2, 0.25) is 0 Å². The van der Waals surface area contributed by atoms with Gasteiger partial charge in [-0.15, -0.1) is 0 Å². The zero-order valence-electron chi connectivity index (χ0n) is 15.5. The molecular formula is C22H23N3O2. The minimum Gasteiger partial charge on any atom is -0.333 e. The number of aromatic nitrogens is 1. The number of carbonyl (C=O) groups is 2. The number of rotatable bonds is 2. The van der Waals surface area contributed by atoms with Crippen LogP contribution in [0.25, 0.3) is 0 Å². The first-order valence-corrected chi connectivity index (χ1v) is 9.36. The van der Waals surface area contributed by atoms with E-state index in [9.17, 15) is 9.59 Å². The van der Waals surface area contributed by atoms with E-state index in [2.05, 4.69) is 36.7 Å². The van der Waals surface area contributed by atoms with E-state index in [0.29, 0.717) is 25.1 Å². The third-order valence-electron chi connectivity index (χ3n) is 5.64. The van der Waals surface area contributed by atoms with E-state index in [0.717, 1.165) is 24.2 Å². The maximum atomic E-state index is 13.1. The molecule has 0 saturated carbocycles. The number of hydrogen-bond acceptors (Lipinski definition) is 3. The Morgan fingerprint density at radius 1 is 1.19 bits per heavy atom. The van der Waals surface area contributed by atoms with Gasteiger partial charge in [0.15, 0.2) is 0 Å². The molecule has 0 saturated heterocycles. The number of pyridine rings is 1. The van der Waals surface area contributed by atoms with Crippen LogP contribution in [0.15, 0.2) is 49.2 Å². The summed E-state index contributed by atoms with van der Waals surface area (Å²) in [7, 11) is 0. The van der Waals surface area contributed by atoms with Gasteiger partial charge in [0.1, 0.15) is 0 Å². The Balaban J connectivity index is 1.56. The fraction of sp³-hybridized carbons (Fsp3) is 0.318. The van der Waals surface area contributed by atoms with Gasteiger partial charge in [-0.05, 0) is 48.6 Å². The van der Waals surface area contributed by atoms with Crippen LogP contribution in [-0.4, -0.2) is 39.7 Å². The average Bonchev–Trinajstić information content (AvgIpc) is 2.72. The topological polar surface area (TPSA) is 53.5 Å². The van der Waals surface area contributed by atoms with Crippen LogP contribution >= 0.6 is 0 Å². The Labute approximate surface area is 159 Å². The van der Waals surface area contributed by atoms with Gasteiger partial charge in [0.2, 0.25) is 5.91 Å². The van der Waals surface area contributed by atoms with Crippen LogP contribution in [0.5, 0.6) is 0 Å². The molecule has 0 aliphatic carbocycles. The van der Waals surface area contributed by atoms with Crippen molar-refractivity contribution >= 4 is 11.8 Å². The third-order valence-corrected chi connectivity index (χ3v) is 5.64. The van der Waals surface area contributed by atoms with E-state index in [1.807, 2.05) is 17.0 Å². The number of benzene rings is 1. The molecule has 5 heteroatoms. The van der Waals surface area contributed by atoms with Crippen molar-refractivity contribution in [2.75, 3.05) is 13.1 Å². The fourth-order valence-corrected chi connectivity index (χ4v) is 4.06. The Kier molecular flexibility index (Phi) is 4.52. The van der Waals surface area contributed by atoms with Crippen LogP contribution in [0.3, 0.4) is 0 Å². The average molecular weight is 361 g/mol. The first kappa shape index (κ1) is 17.5. The Morgan fingerprint density at radius 2 is 1.96 bits per heavy atom. The van der Waals surface area contributed by atoms with Gasteiger partial charge in [-0.25, -0.2) is 0 Å². The summed E-state index contributed by atoms with van der Waals surface area (Å²) in [6, 6.07) is 10.3. The smallest absolute Gasteiger partial charge is 0.255 e. The summed E-state index contributed by atoms with van der Waals surface area (Å²) in [5.41, 5.74) is 5.10. The molecule has 0 spiro atoms.